The number of carbonyl (C=O) groups excluding carboxylic acids is 1. The van der Waals surface area contributed by atoms with Crippen molar-refractivity contribution in [2.24, 2.45) is 0 Å². The molecule has 1 atom stereocenters. The van der Waals surface area contributed by atoms with Crippen LogP contribution in [-0.4, -0.2) is 27.5 Å². The summed E-state index contributed by atoms with van der Waals surface area (Å²) in [6.07, 6.45) is -0.805. The molecular weight excluding hydrogens is 452 g/mol. The summed E-state index contributed by atoms with van der Waals surface area (Å²) >= 11 is 6.07. The molecule has 0 saturated heterocycles. The number of hydrogen-bond donors (Lipinski definition) is 2. The quantitative estimate of drug-likeness (QED) is 0.486. The van der Waals surface area contributed by atoms with Gasteiger partial charge in [-0.15, -0.1) is 0 Å². The van der Waals surface area contributed by atoms with Crippen LogP contribution in [0.2, 0.25) is 5.02 Å². The zero-order valence-corrected chi connectivity index (χ0v) is 19.3. The third-order valence-electron chi connectivity index (χ3n) is 4.51. The Kier molecular flexibility index (Phi) is 7.27. The summed E-state index contributed by atoms with van der Waals surface area (Å²) in [5, 5.41) is 2.93. The normalized spacial score (nSPS) is 12.0. The van der Waals surface area contributed by atoms with E-state index >= 15 is 0 Å². The Morgan fingerprint density at radius 2 is 1.78 bits per heavy atom. The van der Waals surface area contributed by atoms with E-state index in [1.54, 1.807) is 43.3 Å². The molecule has 0 aliphatic heterocycles. The van der Waals surface area contributed by atoms with Gasteiger partial charge in [-0.05, 0) is 61.9 Å². The molecule has 0 aliphatic rings. The number of halogens is 1. The summed E-state index contributed by atoms with van der Waals surface area (Å²) in [6.45, 7) is 3.53. The number of amides is 1. The second kappa shape index (κ2) is 9.93. The molecular formula is C23H23ClN2O5S. The first kappa shape index (κ1) is 23.4. The molecule has 0 bridgehead atoms. The van der Waals surface area contributed by atoms with Gasteiger partial charge in [-0.3, -0.25) is 9.52 Å². The monoisotopic (exact) mass is 474 g/mol. The number of anilines is 2. The van der Waals surface area contributed by atoms with Crippen LogP contribution in [0.5, 0.6) is 11.5 Å². The highest BCUT2D eigenvalue weighted by atomic mass is 35.5. The number of sulfonamides is 1. The van der Waals surface area contributed by atoms with E-state index in [0.29, 0.717) is 5.75 Å². The lowest BCUT2D eigenvalue weighted by Gasteiger charge is -2.17. The number of para-hydroxylation sites is 1. The molecule has 0 radical (unpaired) electrons. The van der Waals surface area contributed by atoms with Crippen LogP contribution >= 0.6 is 11.6 Å². The molecule has 0 saturated carbocycles. The van der Waals surface area contributed by atoms with Gasteiger partial charge in [-0.25, -0.2) is 8.42 Å². The van der Waals surface area contributed by atoms with Crippen LogP contribution in [0.1, 0.15) is 12.5 Å². The standard InChI is InChI=1S/C23H23ClN2O5S/c1-15-7-6-8-18(13-15)31-16(2)23(27)25-17-11-12-21(30-3)22(14-17)32(28,29)26-20-10-5-4-9-19(20)24/h4-14,16,26H,1-3H3,(H,25,27). The molecule has 1 unspecified atom stereocenters. The molecule has 32 heavy (non-hydrogen) atoms. The Morgan fingerprint density at radius 3 is 2.47 bits per heavy atom. The topological polar surface area (TPSA) is 93.7 Å². The van der Waals surface area contributed by atoms with E-state index < -0.39 is 22.0 Å². The summed E-state index contributed by atoms with van der Waals surface area (Å²) in [4.78, 5) is 12.5. The van der Waals surface area contributed by atoms with E-state index in [2.05, 4.69) is 10.0 Å². The van der Waals surface area contributed by atoms with E-state index in [0.717, 1.165) is 5.56 Å². The van der Waals surface area contributed by atoms with Crippen molar-refractivity contribution in [2.45, 2.75) is 24.8 Å². The molecule has 1 amide bonds. The summed E-state index contributed by atoms with van der Waals surface area (Å²) in [6, 6.07) is 18.1. The van der Waals surface area contributed by atoms with Gasteiger partial charge in [0.1, 0.15) is 16.4 Å². The molecule has 3 aromatic carbocycles. The average Bonchev–Trinajstić information content (AvgIpc) is 2.75. The van der Waals surface area contributed by atoms with Crippen molar-refractivity contribution in [3.8, 4) is 11.5 Å². The number of carbonyl (C=O) groups is 1. The van der Waals surface area contributed by atoms with E-state index in [4.69, 9.17) is 21.1 Å². The zero-order valence-electron chi connectivity index (χ0n) is 17.8. The summed E-state index contributed by atoms with van der Waals surface area (Å²) in [7, 11) is -2.69. The maximum absolute atomic E-state index is 13.0. The molecule has 0 heterocycles. The Hall–Kier alpha value is -3.23. The lowest BCUT2D eigenvalue weighted by molar-refractivity contribution is -0.122. The fraction of sp³-hybridized carbons (Fsp3) is 0.174. The number of ether oxygens (including phenoxy) is 2. The number of aryl methyl sites for hydroxylation is 1. The SMILES string of the molecule is COc1ccc(NC(=O)C(C)Oc2cccc(C)c2)cc1S(=O)(=O)Nc1ccccc1Cl. The van der Waals surface area contributed by atoms with Crippen LogP contribution in [0.25, 0.3) is 0 Å². The molecule has 0 spiro atoms. The molecule has 168 valence electrons. The third-order valence-corrected chi connectivity index (χ3v) is 6.23. The van der Waals surface area contributed by atoms with Crippen LogP contribution < -0.4 is 19.5 Å². The van der Waals surface area contributed by atoms with Crippen molar-refractivity contribution in [3.05, 3.63) is 77.3 Å². The first-order chi connectivity index (χ1) is 15.2. The van der Waals surface area contributed by atoms with Gasteiger partial charge in [0.05, 0.1) is 17.8 Å². The molecule has 0 aromatic heterocycles. The van der Waals surface area contributed by atoms with Crippen molar-refractivity contribution in [2.75, 3.05) is 17.1 Å². The maximum Gasteiger partial charge on any atom is 0.265 e. The summed E-state index contributed by atoms with van der Waals surface area (Å²) in [5.74, 6) is 0.250. The number of benzene rings is 3. The van der Waals surface area contributed by atoms with Crippen molar-refractivity contribution in [1.82, 2.24) is 0 Å². The Morgan fingerprint density at radius 1 is 1.03 bits per heavy atom. The van der Waals surface area contributed by atoms with E-state index in [-0.39, 0.29) is 27.0 Å². The lowest BCUT2D eigenvalue weighted by atomic mass is 10.2. The highest BCUT2D eigenvalue weighted by molar-refractivity contribution is 7.92. The van der Waals surface area contributed by atoms with Crippen LogP contribution in [0.4, 0.5) is 11.4 Å². The third kappa shape index (κ3) is 5.72. The van der Waals surface area contributed by atoms with E-state index in [1.165, 1.54) is 19.2 Å². The first-order valence-corrected chi connectivity index (χ1v) is 11.6. The molecule has 3 aromatic rings. The second-order valence-corrected chi connectivity index (χ2v) is 9.07. The minimum atomic E-state index is -4.05. The summed E-state index contributed by atoms with van der Waals surface area (Å²) in [5.41, 5.74) is 1.51. The van der Waals surface area contributed by atoms with Gasteiger partial charge in [-0.2, -0.15) is 0 Å². The minimum Gasteiger partial charge on any atom is -0.495 e. The molecule has 0 fully saturated rings. The molecule has 2 N–H and O–H groups in total. The lowest BCUT2D eigenvalue weighted by Crippen LogP contribution is -2.30. The highest BCUT2D eigenvalue weighted by Gasteiger charge is 2.23. The fourth-order valence-corrected chi connectivity index (χ4v) is 4.41. The van der Waals surface area contributed by atoms with Crippen LogP contribution in [0.3, 0.4) is 0 Å². The molecule has 7 nitrogen and oxygen atoms in total. The number of rotatable bonds is 8. The predicted molar refractivity (Wildman–Crippen MR) is 125 cm³/mol. The Labute approximate surface area is 192 Å². The Balaban J connectivity index is 1.81. The van der Waals surface area contributed by atoms with E-state index in [1.807, 2.05) is 25.1 Å². The van der Waals surface area contributed by atoms with Gasteiger partial charge in [0.25, 0.3) is 15.9 Å². The summed E-state index contributed by atoms with van der Waals surface area (Å²) < 4.78 is 39.3. The van der Waals surface area contributed by atoms with Crippen molar-refractivity contribution in [3.63, 3.8) is 0 Å². The largest absolute Gasteiger partial charge is 0.495 e. The highest BCUT2D eigenvalue weighted by Crippen LogP contribution is 2.31. The van der Waals surface area contributed by atoms with E-state index in [9.17, 15) is 13.2 Å². The van der Waals surface area contributed by atoms with Crippen LogP contribution in [-0.2, 0) is 14.8 Å². The number of nitrogens with one attached hydrogen (secondary N) is 2. The zero-order chi connectivity index (χ0) is 23.3. The number of hydrogen-bond acceptors (Lipinski definition) is 5. The fourth-order valence-electron chi connectivity index (χ4n) is 2.90. The van der Waals surface area contributed by atoms with Crippen molar-refractivity contribution >= 4 is 38.9 Å². The van der Waals surface area contributed by atoms with Crippen molar-refractivity contribution < 1.29 is 22.7 Å². The van der Waals surface area contributed by atoms with Gasteiger partial charge >= 0.3 is 0 Å². The van der Waals surface area contributed by atoms with Gasteiger partial charge < -0.3 is 14.8 Å². The molecule has 3 rings (SSSR count). The molecule has 9 heteroatoms. The van der Waals surface area contributed by atoms with Gasteiger partial charge in [0.15, 0.2) is 6.10 Å². The van der Waals surface area contributed by atoms with Crippen molar-refractivity contribution in [1.29, 1.82) is 0 Å². The van der Waals surface area contributed by atoms with Gasteiger partial charge in [0, 0.05) is 5.69 Å². The van der Waals surface area contributed by atoms with Crippen LogP contribution in [0, 0.1) is 6.92 Å². The first-order valence-electron chi connectivity index (χ1n) is 9.69. The van der Waals surface area contributed by atoms with Gasteiger partial charge in [0.2, 0.25) is 0 Å². The smallest absolute Gasteiger partial charge is 0.265 e. The van der Waals surface area contributed by atoms with Crippen LogP contribution in [0.15, 0.2) is 71.6 Å². The molecule has 0 aliphatic carbocycles. The number of methoxy groups -OCH3 is 1. The average molecular weight is 475 g/mol. The predicted octanol–water partition coefficient (Wildman–Crippen LogP) is 4.86. The minimum absolute atomic E-state index is 0.117. The van der Waals surface area contributed by atoms with Gasteiger partial charge in [-0.1, -0.05) is 35.9 Å². The second-order valence-electron chi connectivity index (χ2n) is 7.02. The maximum atomic E-state index is 13.0. The Bertz CT molecular complexity index is 1230.